The second-order valence-electron chi connectivity index (χ2n) is 6.71. The number of hydrogen-bond acceptors (Lipinski definition) is 6. The lowest BCUT2D eigenvalue weighted by Gasteiger charge is -2.28. The van der Waals surface area contributed by atoms with Crippen molar-refractivity contribution in [3.8, 4) is 0 Å². The van der Waals surface area contributed by atoms with Gasteiger partial charge in [0.15, 0.2) is 0 Å². The summed E-state index contributed by atoms with van der Waals surface area (Å²) in [5.41, 5.74) is 1.65. The molecule has 132 valence electrons. The van der Waals surface area contributed by atoms with Gasteiger partial charge in [-0.25, -0.2) is 0 Å². The van der Waals surface area contributed by atoms with E-state index in [0.717, 1.165) is 48.2 Å². The molecule has 8 heteroatoms. The molecule has 1 aliphatic carbocycles. The first-order valence-corrected chi connectivity index (χ1v) is 8.69. The maximum atomic E-state index is 9.30. The molecule has 0 aliphatic heterocycles. The number of H-pyrrole nitrogens is 1. The van der Waals surface area contributed by atoms with Crippen molar-refractivity contribution in [2.75, 3.05) is 17.2 Å². The van der Waals surface area contributed by atoms with Crippen LogP contribution in [0.1, 0.15) is 25.7 Å². The molecule has 3 aromatic rings. The third-order valence-electron chi connectivity index (χ3n) is 4.82. The number of aryl methyl sites for hydroxylation is 1. The number of aromatic amines is 1. The first kappa shape index (κ1) is 15.9. The van der Waals surface area contributed by atoms with Crippen LogP contribution in [0, 0.1) is 5.92 Å². The van der Waals surface area contributed by atoms with Crippen LogP contribution in [-0.4, -0.2) is 42.5 Å². The summed E-state index contributed by atoms with van der Waals surface area (Å²) in [6.07, 6.45) is 9.70. The fraction of sp³-hybridized carbons (Fsp3) is 0.471. The molecule has 8 nitrogen and oxygen atoms in total. The molecule has 3 heterocycles. The highest BCUT2D eigenvalue weighted by Crippen LogP contribution is 2.29. The van der Waals surface area contributed by atoms with E-state index in [2.05, 4.69) is 30.7 Å². The van der Waals surface area contributed by atoms with E-state index in [0.29, 0.717) is 24.5 Å². The van der Waals surface area contributed by atoms with E-state index >= 15 is 0 Å². The van der Waals surface area contributed by atoms with Gasteiger partial charge >= 0.3 is 0 Å². The third kappa shape index (κ3) is 3.43. The zero-order valence-electron chi connectivity index (χ0n) is 14.2. The molecular formula is C17H23N7O. The van der Waals surface area contributed by atoms with Crippen LogP contribution in [0.2, 0.25) is 0 Å². The highest BCUT2D eigenvalue weighted by atomic mass is 16.3. The number of rotatable bonds is 5. The van der Waals surface area contributed by atoms with Crippen LogP contribution in [0.4, 0.5) is 17.5 Å². The standard InChI is InChI=1S/C17H23N7O/c1-24-9-13(8-19-24)21-17-22-15-14(6-7-18-15)16(23-17)20-12-4-2-11(10-25)3-5-12/h6-9,11-12,25H,2-5,10H2,1H3,(H3,18,20,21,22,23). The minimum Gasteiger partial charge on any atom is -0.396 e. The van der Waals surface area contributed by atoms with Crippen LogP contribution in [0.25, 0.3) is 11.0 Å². The van der Waals surface area contributed by atoms with Crippen molar-refractivity contribution in [1.29, 1.82) is 0 Å². The van der Waals surface area contributed by atoms with Crippen LogP contribution in [0.3, 0.4) is 0 Å². The summed E-state index contributed by atoms with van der Waals surface area (Å²) in [7, 11) is 1.87. The normalized spacial score (nSPS) is 20.7. The number of hydrogen-bond donors (Lipinski definition) is 4. The molecule has 1 fully saturated rings. The van der Waals surface area contributed by atoms with Gasteiger partial charge < -0.3 is 20.7 Å². The second-order valence-corrected chi connectivity index (χ2v) is 6.71. The first-order valence-electron chi connectivity index (χ1n) is 8.69. The third-order valence-corrected chi connectivity index (χ3v) is 4.82. The quantitative estimate of drug-likeness (QED) is 0.568. The highest BCUT2D eigenvalue weighted by molar-refractivity contribution is 5.88. The highest BCUT2D eigenvalue weighted by Gasteiger charge is 2.22. The summed E-state index contributed by atoms with van der Waals surface area (Å²) in [4.78, 5) is 12.4. The fourth-order valence-electron chi connectivity index (χ4n) is 3.40. The predicted molar refractivity (Wildman–Crippen MR) is 96.8 cm³/mol. The Balaban J connectivity index is 1.56. The molecule has 4 N–H and O–H groups in total. The maximum absolute atomic E-state index is 9.30. The summed E-state index contributed by atoms with van der Waals surface area (Å²) in [6.45, 7) is 0.293. The summed E-state index contributed by atoms with van der Waals surface area (Å²) in [5, 5.41) is 21.2. The summed E-state index contributed by atoms with van der Waals surface area (Å²) in [6, 6.07) is 2.37. The van der Waals surface area contributed by atoms with Gasteiger partial charge in [0.1, 0.15) is 11.5 Å². The van der Waals surface area contributed by atoms with Crippen molar-refractivity contribution in [3.63, 3.8) is 0 Å². The Bertz CT molecular complexity index is 848. The smallest absolute Gasteiger partial charge is 0.231 e. The number of anilines is 3. The Hall–Kier alpha value is -2.61. The topological polar surface area (TPSA) is 104 Å². The van der Waals surface area contributed by atoms with Gasteiger partial charge in [-0.05, 0) is 37.7 Å². The summed E-state index contributed by atoms with van der Waals surface area (Å²) < 4.78 is 1.73. The van der Waals surface area contributed by atoms with Crippen LogP contribution >= 0.6 is 0 Å². The van der Waals surface area contributed by atoms with Crippen molar-refractivity contribution in [2.45, 2.75) is 31.7 Å². The predicted octanol–water partition coefficient (Wildman–Crippen LogP) is 2.40. The molecule has 0 unspecified atom stereocenters. The molecular weight excluding hydrogens is 318 g/mol. The number of aliphatic hydroxyl groups is 1. The maximum Gasteiger partial charge on any atom is 0.231 e. The van der Waals surface area contributed by atoms with Crippen molar-refractivity contribution in [2.24, 2.45) is 13.0 Å². The lowest BCUT2D eigenvalue weighted by atomic mass is 9.86. The second kappa shape index (κ2) is 6.72. The molecule has 0 saturated heterocycles. The Morgan fingerprint density at radius 1 is 1.28 bits per heavy atom. The first-order chi connectivity index (χ1) is 12.2. The Labute approximate surface area is 145 Å². The average Bonchev–Trinajstić information content (AvgIpc) is 3.24. The minimum atomic E-state index is 0.293. The van der Waals surface area contributed by atoms with Crippen LogP contribution in [0.5, 0.6) is 0 Å². The zero-order chi connectivity index (χ0) is 17.2. The van der Waals surface area contributed by atoms with Gasteiger partial charge in [0.05, 0.1) is 17.3 Å². The number of aliphatic hydroxyl groups excluding tert-OH is 1. The number of fused-ring (bicyclic) bond motifs is 1. The molecule has 0 bridgehead atoms. The molecule has 0 atom stereocenters. The van der Waals surface area contributed by atoms with Crippen LogP contribution in [0.15, 0.2) is 24.7 Å². The molecule has 3 aromatic heterocycles. The van der Waals surface area contributed by atoms with Gasteiger partial charge in [-0.2, -0.15) is 15.1 Å². The van der Waals surface area contributed by atoms with Crippen LogP contribution in [-0.2, 0) is 7.05 Å². The Morgan fingerprint density at radius 2 is 2.12 bits per heavy atom. The van der Waals surface area contributed by atoms with E-state index in [-0.39, 0.29) is 0 Å². The molecule has 25 heavy (non-hydrogen) atoms. The van der Waals surface area contributed by atoms with Crippen molar-refractivity contribution in [1.82, 2.24) is 24.7 Å². The molecule has 4 rings (SSSR count). The Kier molecular flexibility index (Phi) is 4.27. The largest absolute Gasteiger partial charge is 0.396 e. The SMILES string of the molecule is Cn1cc(Nc2nc(NC3CCC(CO)CC3)c3cc[nH]c3n2)cn1. The lowest BCUT2D eigenvalue weighted by Crippen LogP contribution is -2.27. The minimum absolute atomic E-state index is 0.293. The van der Waals surface area contributed by atoms with Gasteiger partial charge in [0.25, 0.3) is 0 Å². The molecule has 1 saturated carbocycles. The fourth-order valence-corrected chi connectivity index (χ4v) is 3.40. The number of nitrogens with one attached hydrogen (secondary N) is 3. The summed E-state index contributed by atoms with van der Waals surface area (Å²) >= 11 is 0. The average molecular weight is 341 g/mol. The lowest BCUT2D eigenvalue weighted by molar-refractivity contribution is 0.186. The van der Waals surface area contributed by atoms with E-state index in [1.165, 1.54) is 0 Å². The van der Waals surface area contributed by atoms with E-state index in [9.17, 15) is 5.11 Å². The monoisotopic (exact) mass is 341 g/mol. The summed E-state index contributed by atoms with van der Waals surface area (Å²) in [5.74, 6) is 1.82. The van der Waals surface area contributed by atoms with Gasteiger partial charge in [-0.3, -0.25) is 4.68 Å². The van der Waals surface area contributed by atoms with E-state index in [1.807, 2.05) is 25.5 Å². The Morgan fingerprint density at radius 3 is 2.84 bits per heavy atom. The zero-order valence-corrected chi connectivity index (χ0v) is 14.2. The van der Waals surface area contributed by atoms with Crippen molar-refractivity contribution < 1.29 is 5.11 Å². The van der Waals surface area contributed by atoms with Crippen molar-refractivity contribution in [3.05, 3.63) is 24.7 Å². The van der Waals surface area contributed by atoms with Gasteiger partial charge in [-0.1, -0.05) is 0 Å². The molecule has 0 spiro atoms. The number of nitrogens with zero attached hydrogens (tertiary/aromatic N) is 4. The molecule has 0 radical (unpaired) electrons. The van der Waals surface area contributed by atoms with E-state index < -0.39 is 0 Å². The van der Waals surface area contributed by atoms with Gasteiger partial charge in [0, 0.05) is 32.1 Å². The van der Waals surface area contributed by atoms with Gasteiger partial charge in [-0.15, -0.1) is 0 Å². The molecule has 0 amide bonds. The van der Waals surface area contributed by atoms with Crippen LogP contribution < -0.4 is 10.6 Å². The van der Waals surface area contributed by atoms with Crippen molar-refractivity contribution >= 4 is 28.5 Å². The molecule has 0 aromatic carbocycles. The van der Waals surface area contributed by atoms with E-state index in [1.54, 1.807) is 10.9 Å². The van der Waals surface area contributed by atoms with Gasteiger partial charge in [0.2, 0.25) is 5.95 Å². The number of aromatic nitrogens is 5. The van der Waals surface area contributed by atoms with E-state index in [4.69, 9.17) is 0 Å². The molecule has 1 aliphatic rings.